The van der Waals surface area contributed by atoms with Gasteiger partial charge in [0.1, 0.15) is 0 Å². The van der Waals surface area contributed by atoms with Crippen LogP contribution >= 0.6 is 0 Å². The summed E-state index contributed by atoms with van der Waals surface area (Å²) in [5.74, 6) is 0. The third-order valence-electron chi connectivity index (χ3n) is 7.94. The van der Waals surface area contributed by atoms with Gasteiger partial charge < -0.3 is 19.8 Å². The Bertz CT molecular complexity index is 372. The van der Waals surface area contributed by atoms with Crippen molar-refractivity contribution in [3.8, 4) is 0 Å². The molecular formula is C32H68N2O3. The molecule has 5 heteroatoms. The second-order valence-corrected chi connectivity index (χ2v) is 11.5. The van der Waals surface area contributed by atoms with Crippen LogP contribution in [0.1, 0.15) is 182 Å². The van der Waals surface area contributed by atoms with E-state index in [2.05, 4.69) is 27.7 Å². The van der Waals surface area contributed by atoms with Crippen LogP contribution in [0.5, 0.6) is 0 Å². The Morgan fingerprint density at radius 3 is 0.730 bits per heavy atom. The fraction of sp³-hybridized carbons (Fsp3) is 1.00. The maximum Gasteiger partial charge on any atom is 0.0786 e. The summed E-state index contributed by atoms with van der Waals surface area (Å²) >= 11 is 0. The lowest BCUT2D eigenvalue weighted by molar-refractivity contribution is -0.929. The summed E-state index contributed by atoms with van der Waals surface area (Å²) in [4.78, 5) is 8.25. The van der Waals surface area contributed by atoms with Crippen LogP contribution in [0.2, 0.25) is 0 Å². The molecule has 0 aliphatic heterocycles. The average Bonchev–Trinajstić information content (AvgIpc) is 2.87. The predicted octanol–water partition coefficient (Wildman–Crippen LogP) is 11.0. The van der Waals surface area contributed by atoms with Crippen LogP contribution in [-0.4, -0.2) is 35.7 Å². The van der Waals surface area contributed by atoms with Gasteiger partial charge in [0.25, 0.3) is 0 Å². The predicted molar refractivity (Wildman–Crippen MR) is 164 cm³/mol. The van der Waals surface area contributed by atoms with E-state index in [1.165, 1.54) is 185 Å². The van der Waals surface area contributed by atoms with Crippen LogP contribution < -0.4 is 0 Å². The topological polar surface area (TPSA) is 66.2 Å². The van der Waals surface area contributed by atoms with Gasteiger partial charge in [-0.25, -0.2) is 0 Å². The van der Waals surface area contributed by atoms with Crippen molar-refractivity contribution in [3.63, 3.8) is 0 Å². The van der Waals surface area contributed by atoms with Gasteiger partial charge in [-0.2, -0.15) is 0 Å². The first-order valence-corrected chi connectivity index (χ1v) is 16.6. The van der Waals surface area contributed by atoms with E-state index in [0.717, 1.165) is 0 Å². The number of quaternary nitrogens is 1. The quantitative estimate of drug-likeness (QED) is 0.0439. The van der Waals surface area contributed by atoms with Gasteiger partial charge in [0.15, 0.2) is 0 Å². The summed E-state index contributed by atoms with van der Waals surface area (Å²) in [6.07, 6.45) is 34.8. The largest absolute Gasteiger partial charge is 0.356 e. The molecule has 0 aliphatic rings. The van der Waals surface area contributed by atoms with E-state index in [9.17, 15) is 0 Å². The molecule has 5 nitrogen and oxygen atoms in total. The second-order valence-electron chi connectivity index (χ2n) is 11.5. The molecule has 0 amide bonds. The molecule has 0 aromatic rings. The standard InChI is InChI=1S/C32H68N.NO3/c1-5-9-13-17-21-25-29-33(30-26-22-18-14-10-6-2,31-27-23-19-15-11-7-3)32-28-24-20-16-12-8-4;2-1(3)4/h5-32H2,1-4H3;/q+1;-1. The number of hydrogen-bond acceptors (Lipinski definition) is 3. The SMILES string of the molecule is CCCCCCCC[N+](CCCCCCCC)(CCCCCCCC)CCCCCCCC.O=[N+]([O-])[O-]. The first kappa shape index (κ1) is 38.3. The van der Waals surface area contributed by atoms with Gasteiger partial charge >= 0.3 is 0 Å². The van der Waals surface area contributed by atoms with Crippen LogP contribution in [0.25, 0.3) is 0 Å². The van der Waals surface area contributed by atoms with Crippen LogP contribution in [0.3, 0.4) is 0 Å². The maximum atomic E-state index is 8.25. The summed E-state index contributed by atoms with van der Waals surface area (Å²) in [6.45, 7) is 15.3. The maximum absolute atomic E-state index is 8.25. The zero-order valence-corrected chi connectivity index (χ0v) is 25.9. The highest BCUT2D eigenvalue weighted by molar-refractivity contribution is 4.55. The fourth-order valence-electron chi connectivity index (χ4n) is 5.58. The molecule has 0 saturated heterocycles. The highest BCUT2D eigenvalue weighted by Gasteiger charge is 2.25. The molecule has 0 unspecified atom stereocenters. The van der Waals surface area contributed by atoms with E-state index in [0.29, 0.717) is 0 Å². The summed E-state index contributed by atoms with van der Waals surface area (Å²) in [5.41, 5.74) is 0. The van der Waals surface area contributed by atoms with E-state index < -0.39 is 5.09 Å². The second kappa shape index (κ2) is 31.4. The summed E-state index contributed by atoms with van der Waals surface area (Å²) in [6, 6.07) is 0. The van der Waals surface area contributed by atoms with Gasteiger partial charge in [0.2, 0.25) is 0 Å². The normalized spacial score (nSPS) is 11.4. The zero-order chi connectivity index (χ0) is 27.9. The van der Waals surface area contributed by atoms with Crippen molar-refractivity contribution in [1.82, 2.24) is 0 Å². The lowest BCUT2D eigenvalue weighted by atomic mass is 10.0. The van der Waals surface area contributed by atoms with E-state index in [1.54, 1.807) is 0 Å². The molecule has 0 aromatic heterocycles. The third kappa shape index (κ3) is 31.3. The van der Waals surface area contributed by atoms with Crippen molar-refractivity contribution in [3.05, 3.63) is 15.3 Å². The van der Waals surface area contributed by atoms with Crippen LogP contribution in [0.15, 0.2) is 0 Å². The summed E-state index contributed by atoms with van der Waals surface area (Å²) < 4.78 is 1.48. The van der Waals surface area contributed by atoms with Crippen LogP contribution in [-0.2, 0) is 0 Å². The van der Waals surface area contributed by atoms with Gasteiger partial charge in [-0.3, -0.25) is 0 Å². The van der Waals surface area contributed by atoms with Crippen molar-refractivity contribution >= 4 is 0 Å². The number of unbranched alkanes of at least 4 members (excludes halogenated alkanes) is 20. The van der Waals surface area contributed by atoms with E-state index in [4.69, 9.17) is 15.3 Å². The van der Waals surface area contributed by atoms with Gasteiger partial charge in [-0.15, -0.1) is 0 Å². The Balaban J connectivity index is 0. The van der Waals surface area contributed by atoms with Crippen LogP contribution in [0.4, 0.5) is 0 Å². The van der Waals surface area contributed by atoms with Crippen LogP contribution in [0, 0.1) is 15.3 Å². The zero-order valence-electron chi connectivity index (χ0n) is 25.9. The van der Waals surface area contributed by atoms with Gasteiger partial charge in [0, 0.05) is 0 Å². The Labute approximate surface area is 232 Å². The van der Waals surface area contributed by atoms with E-state index in [1.807, 2.05) is 0 Å². The molecular weight excluding hydrogens is 460 g/mol. The molecule has 0 atom stereocenters. The van der Waals surface area contributed by atoms with Crippen molar-refractivity contribution in [1.29, 1.82) is 0 Å². The minimum Gasteiger partial charge on any atom is -0.356 e. The molecule has 37 heavy (non-hydrogen) atoms. The fourth-order valence-corrected chi connectivity index (χ4v) is 5.58. The molecule has 0 radical (unpaired) electrons. The van der Waals surface area contributed by atoms with Gasteiger partial charge in [-0.05, 0) is 51.4 Å². The number of nitrogens with zero attached hydrogens (tertiary/aromatic N) is 2. The van der Waals surface area contributed by atoms with Crippen molar-refractivity contribution in [2.45, 2.75) is 182 Å². The molecule has 0 bridgehead atoms. The average molecular weight is 529 g/mol. The van der Waals surface area contributed by atoms with Crippen molar-refractivity contribution < 1.29 is 9.57 Å². The van der Waals surface area contributed by atoms with Gasteiger partial charge in [0.05, 0.1) is 31.3 Å². The minimum absolute atomic E-state index is 1.37. The molecule has 0 rings (SSSR count). The first-order chi connectivity index (χ1) is 18.0. The lowest BCUT2D eigenvalue weighted by Gasteiger charge is -2.40. The van der Waals surface area contributed by atoms with E-state index in [-0.39, 0.29) is 0 Å². The van der Waals surface area contributed by atoms with E-state index >= 15 is 0 Å². The Kier molecular flexibility index (Phi) is 32.5. The molecule has 0 heterocycles. The first-order valence-electron chi connectivity index (χ1n) is 16.6. The van der Waals surface area contributed by atoms with Gasteiger partial charge in [-0.1, -0.05) is 130 Å². The summed E-state index contributed by atoms with van der Waals surface area (Å²) in [7, 11) is 0. The number of hydrogen-bond donors (Lipinski definition) is 0. The molecule has 0 fully saturated rings. The highest BCUT2D eigenvalue weighted by Crippen LogP contribution is 2.20. The van der Waals surface area contributed by atoms with Crippen molar-refractivity contribution in [2.75, 3.05) is 26.2 Å². The molecule has 0 aromatic carbocycles. The highest BCUT2D eigenvalue weighted by atomic mass is 16.9. The Hall–Kier alpha value is -0.840. The molecule has 224 valence electrons. The minimum atomic E-state index is -1.75. The Morgan fingerprint density at radius 2 is 0.541 bits per heavy atom. The smallest absolute Gasteiger partial charge is 0.0786 e. The molecule has 0 saturated carbocycles. The monoisotopic (exact) mass is 529 g/mol. The summed E-state index contributed by atoms with van der Waals surface area (Å²) in [5, 5.41) is 14.8. The lowest BCUT2D eigenvalue weighted by Crippen LogP contribution is -2.50. The Morgan fingerprint density at radius 1 is 0.378 bits per heavy atom. The molecule has 0 spiro atoms. The molecule has 0 N–H and O–H groups in total. The molecule has 0 aliphatic carbocycles. The third-order valence-corrected chi connectivity index (χ3v) is 7.94. The number of rotatable bonds is 28. The van der Waals surface area contributed by atoms with Crippen molar-refractivity contribution in [2.24, 2.45) is 0 Å².